The van der Waals surface area contributed by atoms with E-state index in [0.29, 0.717) is 6.04 Å². The number of hydrogen-bond donors (Lipinski definition) is 0. The average molecular weight is 299 g/mol. The summed E-state index contributed by atoms with van der Waals surface area (Å²) < 4.78 is 0. The number of anilines is 2. The van der Waals surface area contributed by atoms with Crippen molar-refractivity contribution in [2.75, 3.05) is 51.1 Å². The molecule has 0 saturated carbocycles. The number of rotatable bonds is 4. The maximum Gasteiger partial charge on any atom is 0.227 e. The molecule has 118 valence electrons. The summed E-state index contributed by atoms with van der Waals surface area (Å²) in [6.07, 6.45) is 2.55. The molecule has 1 aromatic carbocycles. The van der Waals surface area contributed by atoms with Gasteiger partial charge in [-0.1, -0.05) is 12.1 Å². The minimum atomic E-state index is 0.600. The van der Waals surface area contributed by atoms with Crippen LogP contribution in [0.25, 0.3) is 10.9 Å². The van der Waals surface area contributed by atoms with Gasteiger partial charge in [0.05, 0.1) is 5.52 Å². The number of aromatic nitrogens is 2. The van der Waals surface area contributed by atoms with E-state index in [0.717, 1.165) is 29.2 Å². The first kappa shape index (κ1) is 15.0. The summed E-state index contributed by atoms with van der Waals surface area (Å²) in [6.45, 7) is 2.17. The van der Waals surface area contributed by atoms with E-state index in [-0.39, 0.29) is 0 Å². The van der Waals surface area contributed by atoms with Crippen molar-refractivity contribution in [2.45, 2.75) is 18.9 Å². The highest BCUT2D eigenvalue weighted by molar-refractivity contribution is 5.90. The van der Waals surface area contributed by atoms with E-state index >= 15 is 0 Å². The van der Waals surface area contributed by atoms with Gasteiger partial charge in [-0.05, 0) is 38.6 Å². The second kappa shape index (κ2) is 6.08. The summed E-state index contributed by atoms with van der Waals surface area (Å²) in [6, 6.07) is 8.81. The monoisotopic (exact) mass is 299 g/mol. The molecule has 1 fully saturated rings. The van der Waals surface area contributed by atoms with Crippen LogP contribution in [0.1, 0.15) is 12.8 Å². The van der Waals surface area contributed by atoms with Crippen molar-refractivity contribution in [3.63, 3.8) is 0 Å². The zero-order valence-corrected chi connectivity index (χ0v) is 14.0. The lowest BCUT2D eigenvalue weighted by Crippen LogP contribution is -2.37. The summed E-state index contributed by atoms with van der Waals surface area (Å²) in [4.78, 5) is 16.2. The lowest BCUT2D eigenvalue weighted by Gasteiger charge is -2.27. The van der Waals surface area contributed by atoms with E-state index < -0.39 is 0 Å². The zero-order chi connectivity index (χ0) is 15.7. The van der Waals surface area contributed by atoms with Gasteiger partial charge in [-0.2, -0.15) is 4.98 Å². The van der Waals surface area contributed by atoms with Crippen LogP contribution >= 0.6 is 0 Å². The van der Waals surface area contributed by atoms with Gasteiger partial charge in [-0.25, -0.2) is 4.98 Å². The third-order valence-corrected chi connectivity index (χ3v) is 4.49. The first-order valence-electron chi connectivity index (χ1n) is 7.91. The minimum absolute atomic E-state index is 0.600. The highest BCUT2D eigenvalue weighted by atomic mass is 15.3. The first-order valence-corrected chi connectivity index (χ1v) is 7.91. The van der Waals surface area contributed by atoms with Gasteiger partial charge in [0.2, 0.25) is 5.95 Å². The molecule has 2 heterocycles. The van der Waals surface area contributed by atoms with Crippen molar-refractivity contribution < 1.29 is 0 Å². The highest BCUT2D eigenvalue weighted by Crippen LogP contribution is 2.25. The van der Waals surface area contributed by atoms with E-state index in [1.54, 1.807) is 0 Å². The number of likely N-dealkylation sites (tertiary alicyclic amines) is 1. The number of nitrogens with zero attached hydrogens (tertiary/aromatic N) is 5. The average Bonchev–Trinajstić information content (AvgIpc) is 2.91. The number of fused-ring (bicyclic) bond motifs is 1. The Morgan fingerprint density at radius 1 is 1.18 bits per heavy atom. The van der Waals surface area contributed by atoms with E-state index in [4.69, 9.17) is 9.97 Å². The van der Waals surface area contributed by atoms with Gasteiger partial charge in [0, 0.05) is 39.1 Å². The maximum absolute atomic E-state index is 4.79. The molecule has 0 amide bonds. The Labute approximate surface area is 132 Å². The highest BCUT2D eigenvalue weighted by Gasteiger charge is 2.23. The fourth-order valence-electron chi connectivity index (χ4n) is 3.17. The van der Waals surface area contributed by atoms with Crippen LogP contribution in [0.15, 0.2) is 24.3 Å². The maximum atomic E-state index is 4.79. The van der Waals surface area contributed by atoms with Gasteiger partial charge in [-0.3, -0.25) is 0 Å². The topological polar surface area (TPSA) is 35.5 Å². The van der Waals surface area contributed by atoms with E-state index in [9.17, 15) is 0 Å². The van der Waals surface area contributed by atoms with Gasteiger partial charge in [0.25, 0.3) is 0 Å². The van der Waals surface area contributed by atoms with Crippen molar-refractivity contribution in [3.8, 4) is 0 Å². The molecular weight excluding hydrogens is 274 g/mol. The summed E-state index contributed by atoms with van der Waals surface area (Å²) in [5.41, 5.74) is 1.00. The largest absolute Gasteiger partial charge is 0.362 e. The lowest BCUT2D eigenvalue weighted by atomic mass is 10.2. The van der Waals surface area contributed by atoms with Gasteiger partial charge in [0.15, 0.2) is 0 Å². The molecule has 0 spiro atoms. The SMILES string of the molecule is CN(C)c1nc(N(C)C[C@H]2CCCN2C)nc2ccccc12. The summed E-state index contributed by atoms with van der Waals surface area (Å²) in [5.74, 6) is 1.79. The van der Waals surface area contributed by atoms with Crippen LogP contribution in [0.4, 0.5) is 11.8 Å². The molecule has 0 unspecified atom stereocenters. The summed E-state index contributed by atoms with van der Waals surface area (Å²) in [7, 11) is 8.36. The first-order chi connectivity index (χ1) is 10.6. The van der Waals surface area contributed by atoms with Crippen LogP contribution in [0, 0.1) is 0 Å². The molecule has 0 bridgehead atoms. The molecule has 5 heteroatoms. The standard InChI is InChI=1S/C17H25N5/c1-20(2)16-14-9-5-6-10-15(14)18-17(19-16)22(4)12-13-8-7-11-21(13)3/h5-6,9-10,13H,7-8,11-12H2,1-4H3/t13-/m1/s1. The van der Waals surface area contributed by atoms with Crippen LogP contribution in [0.2, 0.25) is 0 Å². The Bertz CT molecular complexity index is 655. The van der Waals surface area contributed by atoms with Crippen LogP contribution in [-0.2, 0) is 0 Å². The number of para-hydroxylation sites is 1. The normalized spacial score (nSPS) is 18.8. The predicted octanol–water partition coefficient (Wildman–Crippen LogP) is 2.23. The Balaban J connectivity index is 1.92. The molecule has 0 N–H and O–H groups in total. The van der Waals surface area contributed by atoms with E-state index in [1.165, 1.54) is 19.4 Å². The van der Waals surface area contributed by atoms with Gasteiger partial charge >= 0.3 is 0 Å². The van der Waals surface area contributed by atoms with E-state index in [2.05, 4.69) is 40.9 Å². The Morgan fingerprint density at radius 2 is 1.95 bits per heavy atom. The van der Waals surface area contributed by atoms with Crippen molar-refractivity contribution >= 4 is 22.7 Å². The second-order valence-electron chi connectivity index (χ2n) is 6.42. The fraction of sp³-hybridized carbons (Fsp3) is 0.529. The number of hydrogen-bond acceptors (Lipinski definition) is 5. The molecule has 22 heavy (non-hydrogen) atoms. The predicted molar refractivity (Wildman–Crippen MR) is 92.8 cm³/mol. The van der Waals surface area contributed by atoms with Gasteiger partial charge in [0.1, 0.15) is 5.82 Å². The summed E-state index contributed by atoms with van der Waals surface area (Å²) >= 11 is 0. The number of benzene rings is 1. The minimum Gasteiger partial charge on any atom is -0.362 e. The van der Waals surface area contributed by atoms with E-state index in [1.807, 2.05) is 26.2 Å². The van der Waals surface area contributed by atoms with Crippen molar-refractivity contribution in [3.05, 3.63) is 24.3 Å². The van der Waals surface area contributed by atoms with Crippen LogP contribution in [0.3, 0.4) is 0 Å². The molecule has 0 aliphatic carbocycles. The molecule has 0 radical (unpaired) electrons. The molecule has 5 nitrogen and oxygen atoms in total. The third kappa shape index (κ3) is 2.86. The summed E-state index contributed by atoms with van der Waals surface area (Å²) in [5, 5.41) is 1.10. The molecule has 1 aliphatic heterocycles. The molecule has 2 aromatic rings. The fourth-order valence-corrected chi connectivity index (χ4v) is 3.17. The van der Waals surface area contributed by atoms with Crippen LogP contribution < -0.4 is 9.80 Å². The molecule has 1 aromatic heterocycles. The van der Waals surface area contributed by atoms with Gasteiger partial charge in [-0.15, -0.1) is 0 Å². The molecule has 1 saturated heterocycles. The van der Waals surface area contributed by atoms with Crippen molar-refractivity contribution in [1.82, 2.24) is 14.9 Å². The Kier molecular flexibility index (Phi) is 4.16. The smallest absolute Gasteiger partial charge is 0.227 e. The Hall–Kier alpha value is -1.88. The van der Waals surface area contributed by atoms with Crippen LogP contribution in [-0.4, -0.2) is 62.2 Å². The zero-order valence-electron chi connectivity index (χ0n) is 14.0. The van der Waals surface area contributed by atoms with Crippen molar-refractivity contribution in [1.29, 1.82) is 0 Å². The van der Waals surface area contributed by atoms with Gasteiger partial charge < -0.3 is 14.7 Å². The molecule has 1 aliphatic rings. The molecule has 3 rings (SSSR count). The molecular formula is C17H25N5. The quantitative estimate of drug-likeness (QED) is 0.865. The third-order valence-electron chi connectivity index (χ3n) is 4.49. The molecule has 1 atom stereocenters. The van der Waals surface area contributed by atoms with Crippen molar-refractivity contribution in [2.24, 2.45) is 0 Å². The van der Waals surface area contributed by atoms with Crippen LogP contribution in [0.5, 0.6) is 0 Å². The number of likely N-dealkylation sites (N-methyl/N-ethyl adjacent to an activating group) is 2. The Morgan fingerprint density at radius 3 is 2.64 bits per heavy atom. The second-order valence-corrected chi connectivity index (χ2v) is 6.42. The lowest BCUT2D eigenvalue weighted by molar-refractivity contribution is 0.313.